The minimum Gasteiger partial charge on any atom is -0.460 e. The second-order valence-electron chi connectivity index (χ2n) is 7.10. The minimum absolute atomic E-state index is 0.0467. The van der Waals surface area contributed by atoms with Gasteiger partial charge in [0.05, 0.1) is 71.4 Å². The van der Waals surface area contributed by atoms with Gasteiger partial charge in [-0.3, -0.25) is 9.59 Å². The van der Waals surface area contributed by atoms with Gasteiger partial charge in [0.15, 0.2) is 6.54 Å². The monoisotopic (exact) mass is 443 g/mol. The van der Waals surface area contributed by atoms with Crippen LogP contribution in [0.15, 0.2) is 12.2 Å². The van der Waals surface area contributed by atoms with Crippen molar-refractivity contribution in [3.63, 3.8) is 0 Å². The van der Waals surface area contributed by atoms with Gasteiger partial charge in [-0.15, -0.1) is 4.58 Å². The molecular weight excluding hydrogens is 408 g/mol. The van der Waals surface area contributed by atoms with Crippen molar-refractivity contribution < 1.29 is 43.0 Å². The van der Waals surface area contributed by atoms with E-state index in [2.05, 4.69) is 5.32 Å². The van der Waals surface area contributed by atoms with E-state index in [1.807, 2.05) is 13.8 Å². The summed E-state index contributed by atoms with van der Waals surface area (Å²) in [6, 6.07) is 0. The molecule has 1 aliphatic heterocycles. The molecule has 2 N–H and O–H groups in total. The quantitative estimate of drug-likeness (QED) is 0.215. The van der Waals surface area contributed by atoms with Crippen molar-refractivity contribution in [2.75, 3.05) is 65.9 Å². The van der Waals surface area contributed by atoms with Crippen molar-refractivity contribution in [1.82, 2.24) is 5.32 Å². The third kappa shape index (κ3) is 13.0. The predicted molar refractivity (Wildman–Crippen MR) is 112 cm³/mol. The molecule has 1 heterocycles. The number of nitrogens with zero attached hydrogens (tertiary/aromatic N) is 1. The van der Waals surface area contributed by atoms with Gasteiger partial charge in [-0.25, -0.2) is 4.79 Å². The molecular formula is C21H35N2O8+. The number of aliphatic hydroxyl groups excluding tert-OH is 1. The Hall–Kier alpha value is -2.14. The van der Waals surface area contributed by atoms with Gasteiger partial charge in [0.25, 0.3) is 0 Å². The molecule has 0 bridgehead atoms. The van der Waals surface area contributed by atoms with Gasteiger partial charge in [0.2, 0.25) is 5.91 Å². The van der Waals surface area contributed by atoms with Gasteiger partial charge >= 0.3 is 11.8 Å². The third-order valence-corrected chi connectivity index (χ3v) is 4.30. The standard InChI is InChI=1S/C21H34N2O8/c1-17(2)18(24)6-9-28-11-13-30-15-16-31-14-12-29-10-7-22-19(25)5-8-23-20(26)3-4-21(23)27/h3-4,17H,5-16H2,1-2H3,(H,22,25)/p+1. The molecule has 0 radical (unpaired) electrons. The molecule has 1 aliphatic rings. The molecule has 0 fully saturated rings. The van der Waals surface area contributed by atoms with Gasteiger partial charge in [-0.1, -0.05) is 13.8 Å². The molecule has 0 aromatic heterocycles. The van der Waals surface area contributed by atoms with Crippen molar-refractivity contribution in [2.24, 2.45) is 5.92 Å². The van der Waals surface area contributed by atoms with E-state index in [0.717, 1.165) is 4.58 Å². The van der Waals surface area contributed by atoms with Crippen molar-refractivity contribution in [3.8, 4) is 0 Å². The number of Topliss-reactive ketones (excluding diaryl/α,β-unsaturated/α-hetero) is 1. The van der Waals surface area contributed by atoms with E-state index in [-0.39, 0.29) is 42.4 Å². The lowest BCUT2D eigenvalue weighted by Gasteiger charge is -2.08. The summed E-state index contributed by atoms with van der Waals surface area (Å²) in [6.07, 6.45) is 3.09. The molecule has 0 atom stereocenters. The number of carbonyl (C=O) groups excluding carboxylic acids is 3. The van der Waals surface area contributed by atoms with E-state index in [0.29, 0.717) is 65.8 Å². The Morgan fingerprint density at radius 3 is 1.97 bits per heavy atom. The van der Waals surface area contributed by atoms with E-state index >= 15 is 0 Å². The Kier molecular flexibility index (Phi) is 14.3. The lowest BCUT2D eigenvalue weighted by Crippen LogP contribution is -2.31. The van der Waals surface area contributed by atoms with Crippen LogP contribution < -0.4 is 5.32 Å². The number of hydrogen-bond donors (Lipinski definition) is 2. The zero-order valence-corrected chi connectivity index (χ0v) is 18.5. The number of hydrogen-bond acceptors (Lipinski definition) is 7. The second kappa shape index (κ2) is 16.5. The Morgan fingerprint density at radius 2 is 1.45 bits per heavy atom. The number of ketones is 1. The van der Waals surface area contributed by atoms with Crippen molar-refractivity contribution in [1.29, 1.82) is 0 Å². The smallest absolute Gasteiger partial charge is 0.415 e. The van der Waals surface area contributed by atoms with Crippen LogP contribution in [0.1, 0.15) is 26.7 Å². The minimum atomic E-state index is -0.331. The Labute approximate surface area is 183 Å². The molecule has 0 aromatic rings. The van der Waals surface area contributed by atoms with Crippen LogP contribution in [0, 0.1) is 5.92 Å². The first-order valence-corrected chi connectivity index (χ1v) is 10.6. The van der Waals surface area contributed by atoms with Crippen LogP contribution in [-0.4, -0.2) is 99.1 Å². The first kappa shape index (κ1) is 26.9. The highest BCUT2D eigenvalue weighted by molar-refractivity contribution is 5.99. The Morgan fingerprint density at radius 1 is 0.903 bits per heavy atom. The van der Waals surface area contributed by atoms with Crippen molar-refractivity contribution >= 4 is 23.5 Å². The van der Waals surface area contributed by atoms with Gasteiger partial charge in [-0.2, -0.15) is 0 Å². The van der Waals surface area contributed by atoms with Crippen LogP contribution in [0.2, 0.25) is 0 Å². The third-order valence-electron chi connectivity index (χ3n) is 4.30. The SMILES string of the molecule is CC(C)C(=O)CCOCCOCCOCCOCCNC(=O)CC[N+]1=C(O)C=CC1=O. The normalized spacial score (nSPS) is 13.5. The number of carbonyl (C=O) groups is 3. The maximum Gasteiger partial charge on any atom is 0.415 e. The molecule has 0 saturated carbocycles. The summed E-state index contributed by atoms with van der Waals surface area (Å²) in [5.74, 6) is -0.450. The van der Waals surface area contributed by atoms with E-state index < -0.39 is 0 Å². The number of amides is 2. The fourth-order valence-electron chi connectivity index (χ4n) is 2.45. The molecule has 0 aliphatic carbocycles. The number of ether oxygens (including phenoxy) is 4. The molecule has 0 unspecified atom stereocenters. The number of nitrogens with one attached hydrogen (secondary N) is 1. The molecule has 0 aromatic carbocycles. The summed E-state index contributed by atoms with van der Waals surface area (Å²) in [5, 5.41) is 12.1. The summed E-state index contributed by atoms with van der Waals surface area (Å²) in [4.78, 5) is 34.5. The fraction of sp³-hybridized carbons (Fsp3) is 0.714. The zero-order valence-electron chi connectivity index (χ0n) is 18.5. The van der Waals surface area contributed by atoms with Crippen LogP contribution in [-0.2, 0) is 33.3 Å². The molecule has 10 nitrogen and oxygen atoms in total. The first-order chi connectivity index (χ1) is 14.9. The number of aliphatic hydroxyl groups is 1. The summed E-state index contributed by atoms with van der Waals surface area (Å²) in [7, 11) is 0. The van der Waals surface area contributed by atoms with Crippen LogP contribution in [0.5, 0.6) is 0 Å². The summed E-state index contributed by atoms with van der Waals surface area (Å²) in [6.45, 7) is 7.63. The highest BCUT2D eigenvalue weighted by Gasteiger charge is 2.26. The topological polar surface area (TPSA) is 123 Å². The second-order valence-corrected chi connectivity index (χ2v) is 7.10. The van der Waals surface area contributed by atoms with Gasteiger partial charge in [-0.05, 0) is 0 Å². The average Bonchev–Trinajstić information content (AvgIpc) is 3.06. The van der Waals surface area contributed by atoms with E-state index in [1.165, 1.54) is 12.2 Å². The van der Waals surface area contributed by atoms with Crippen molar-refractivity contribution in [2.45, 2.75) is 26.7 Å². The lowest BCUT2D eigenvalue weighted by molar-refractivity contribution is -0.447. The molecule has 0 spiro atoms. The fourth-order valence-corrected chi connectivity index (χ4v) is 2.45. The highest BCUT2D eigenvalue weighted by atomic mass is 16.6. The predicted octanol–water partition coefficient (Wildman–Crippen LogP) is 0.240. The molecule has 176 valence electrons. The maximum atomic E-state index is 11.7. The summed E-state index contributed by atoms with van der Waals surface area (Å²) >= 11 is 0. The Balaban J connectivity index is 1.80. The number of rotatable bonds is 19. The van der Waals surface area contributed by atoms with Gasteiger partial charge < -0.3 is 29.4 Å². The lowest BCUT2D eigenvalue weighted by atomic mass is 10.1. The molecule has 1 rings (SSSR count). The van der Waals surface area contributed by atoms with Crippen LogP contribution in [0.4, 0.5) is 0 Å². The largest absolute Gasteiger partial charge is 0.460 e. The zero-order chi connectivity index (χ0) is 22.9. The van der Waals surface area contributed by atoms with E-state index in [1.54, 1.807) is 0 Å². The first-order valence-electron chi connectivity index (χ1n) is 10.6. The Bertz CT molecular complexity index is 631. The van der Waals surface area contributed by atoms with Crippen LogP contribution in [0.3, 0.4) is 0 Å². The van der Waals surface area contributed by atoms with Gasteiger partial charge in [0.1, 0.15) is 5.78 Å². The molecule has 2 amide bonds. The van der Waals surface area contributed by atoms with Gasteiger partial charge in [0, 0.05) is 18.9 Å². The average molecular weight is 444 g/mol. The maximum absolute atomic E-state index is 11.7. The van der Waals surface area contributed by atoms with E-state index in [9.17, 15) is 19.5 Å². The molecule has 31 heavy (non-hydrogen) atoms. The van der Waals surface area contributed by atoms with Crippen LogP contribution >= 0.6 is 0 Å². The highest BCUT2D eigenvalue weighted by Crippen LogP contribution is 1.98. The molecule has 0 saturated heterocycles. The molecule has 10 heteroatoms. The summed E-state index contributed by atoms with van der Waals surface area (Å²) < 4.78 is 22.6. The summed E-state index contributed by atoms with van der Waals surface area (Å²) in [5.41, 5.74) is 0. The van der Waals surface area contributed by atoms with Crippen LogP contribution in [0.25, 0.3) is 0 Å². The van der Waals surface area contributed by atoms with Crippen molar-refractivity contribution in [3.05, 3.63) is 12.2 Å². The van der Waals surface area contributed by atoms with E-state index in [4.69, 9.17) is 18.9 Å².